The number of hydrogen-bond acceptors (Lipinski definition) is 3. The zero-order valence-corrected chi connectivity index (χ0v) is 12.1. The summed E-state index contributed by atoms with van der Waals surface area (Å²) < 4.78 is 39.3. The van der Waals surface area contributed by atoms with E-state index in [2.05, 4.69) is 0 Å². The Morgan fingerprint density at radius 2 is 1.76 bits per heavy atom. The van der Waals surface area contributed by atoms with Crippen LogP contribution in [0, 0.1) is 17.1 Å². The Morgan fingerprint density at radius 3 is 2.43 bits per heavy atom. The molecule has 0 radical (unpaired) electrons. The van der Waals surface area contributed by atoms with Crippen LogP contribution < -0.4 is 4.31 Å². The molecule has 0 atom stereocenters. The van der Waals surface area contributed by atoms with Gasteiger partial charge in [0.05, 0.1) is 23.1 Å². The molecule has 0 N–H and O–H groups in total. The smallest absolute Gasteiger partial charge is 0.239 e. The molecule has 108 valence electrons. The van der Waals surface area contributed by atoms with Crippen molar-refractivity contribution in [2.24, 2.45) is 0 Å². The van der Waals surface area contributed by atoms with Crippen LogP contribution in [0.15, 0.2) is 48.5 Å². The molecule has 0 amide bonds. The minimum Gasteiger partial charge on any atom is -0.270 e. The minimum absolute atomic E-state index is 0.0214. The predicted octanol–water partition coefficient (Wildman–Crippen LogP) is 2.66. The minimum atomic E-state index is -3.78. The van der Waals surface area contributed by atoms with Gasteiger partial charge >= 0.3 is 0 Å². The highest BCUT2D eigenvalue weighted by Gasteiger charge is 2.22. The Labute approximate surface area is 123 Å². The number of para-hydroxylation sites is 1. The van der Waals surface area contributed by atoms with Gasteiger partial charge in [0, 0.05) is 7.05 Å². The van der Waals surface area contributed by atoms with E-state index in [0.717, 1.165) is 4.31 Å². The molecule has 0 aromatic heterocycles. The van der Waals surface area contributed by atoms with Crippen molar-refractivity contribution < 1.29 is 12.8 Å². The third kappa shape index (κ3) is 3.20. The standard InChI is InChI=1S/C15H13FN2O2S/c1-18(15-9-5-4-8-14(15)16)21(19,20)11-13-7-3-2-6-12(13)10-17/h2-9H,11H2,1H3. The fraction of sp³-hybridized carbons (Fsp3) is 0.133. The lowest BCUT2D eigenvalue weighted by atomic mass is 10.1. The average molecular weight is 304 g/mol. The number of anilines is 1. The monoisotopic (exact) mass is 304 g/mol. The van der Waals surface area contributed by atoms with E-state index in [1.165, 1.54) is 25.2 Å². The van der Waals surface area contributed by atoms with Gasteiger partial charge in [0.2, 0.25) is 10.0 Å². The first-order chi connectivity index (χ1) is 9.95. The van der Waals surface area contributed by atoms with E-state index in [9.17, 15) is 12.8 Å². The fourth-order valence-corrected chi connectivity index (χ4v) is 3.19. The summed E-state index contributed by atoms with van der Waals surface area (Å²) >= 11 is 0. The summed E-state index contributed by atoms with van der Waals surface area (Å²) in [5.41, 5.74) is 0.665. The topological polar surface area (TPSA) is 61.2 Å². The normalized spacial score (nSPS) is 10.9. The zero-order valence-electron chi connectivity index (χ0n) is 11.3. The van der Waals surface area contributed by atoms with Crippen molar-refractivity contribution >= 4 is 15.7 Å². The van der Waals surface area contributed by atoms with E-state index in [4.69, 9.17) is 5.26 Å². The van der Waals surface area contributed by atoms with E-state index in [1.807, 2.05) is 6.07 Å². The van der Waals surface area contributed by atoms with E-state index in [0.29, 0.717) is 11.1 Å². The maximum absolute atomic E-state index is 13.7. The molecular weight excluding hydrogens is 291 g/mol. The van der Waals surface area contributed by atoms with Gasteiger partial charge in [-0.15, -0.1) is 0 Å². The highest BCUT2D eigenvalue weighted by molar-refractivity contribution is 7.92. The fourth-order valence-electron chi connectivity index (χ4n) is 1.91. The van der Waals surface area contributed by atoms with Gasteiger partial charge in [0.25, 0.3) is 0 Å². The molecule has 0 unspecified atom stereocenters. The van der Waals surface area contributed by atoms with Gasteiger partial charge in [0.15, 0.2) is 0 Å². The third-order valence-corrected chi connectivity index (χ3v) is 4.79. The maximum atomic E-state index is 13.7. The van der Waals surface area contributed by atoms with Crippen molar-refractivity contribution in [3.05, 3.63) is 65.5 Å². The van der Waals surface area contributed by atoms with E-state index >= 15 is 0 Å². The number of rotatable bonds is 4. The molecule has 21 heavy (non-hydrogen) atoms. The first kappa shape index (κ1) is 15.0. The first-order valence-corrected chi connectivity index (χ1v) is 7.76. The Bertz CT molecular complexity index is 797. The van der Waals surface area contributed by atoms with Gasteiger partial charge in [-0.1, -0.05) is 30.3 Å². The van der Waals surface area contributed by atoms with Crippen molar-refractivity contribution in [2.75, 3.05) is 11.4 Å². The molecule has 0 aliphatic heterocycles. The van der Waals surface area contributed by atoms with Crippen molar-refractivity contribution in [2.45, 2.75) is 5.75 Å². The highest BCUT2D eigenvalue weighted by Crippen LogP contribution is 2.22. The molecule has 2 aromatic rings. The van der Waals surface area contributed by atoms with Crippen LogP contribution in [0.3, 0.4) is 0 Å². The Balaban J connectivity index is 2.35. The van der Waals surface area contributed by atoms with Gasteiger partial charge in [-0.25, -0.2) is 12.8 Å². The molecule has 0 fully saturated rings. The second kappa shape index (κ2) is 5.94. The Hall–Kier alpha value is -2.39. The van der Waals surface area contributed by atoms with Crippen LogP contribution in [-0.4, -0.2) is 15.5 Å². The van der Waals surface area contributed by atoms with Gasteiger partial charge in [-0.3, -0.25) is 4.31 Å². The quantitative estimate of drug-likeness (QED) is 0.872. The predicted molar refractivity (Wildman–Crippen MR) is 78.6 cm³/mol. The van der Waals surface area contributed by atoms with Crippen LogP contribution >= 0.6 is 0 Å². The van der Waals surface area contributed by atoms with E-state index in [-0.39, 0.29) is 11.4 Å². The molecule has 6 heteroatoms. The lowest BCUT2D eigenvalue weighted by molar-refractivity contribution is 0.589. The van der Waals surface area contributed by atoms with Crippen molar-refractivity contribution in [3.63, 3.8) is 0 Å². The highest BCUT2D eigenvalue weighted by atomic mass is 32.2. The first-order valence-electron chi connectivity index (χ1n) is 6.15. The van der Waals surface area contributed by atoms with Gasteiger partial charge in [-0.2, -0.15) is 5.26 Å². The second-order valence-electron chi connectivity index (χ2n) is 4.44. The number of nitrogens with zero attached hydrogens (tertiary/aromatic N) is 2. The number of nitriles is 1. The summed E-state index contributed by atoms with van der Waals surface area (Å²) in [4.78, 5) is 0. The van der Waals surface area contributed by atoms with Gasteiger partial charge in [-0.05, 0) is 23.8 Å². The summed E-state index contributed by atoms with van der Waals surface area (Å²) in [6.07, 6.45) is 0. The zero-order chi connectivity index (χ0) is 15.5. The van der Waals surface area contributed by atoms with Crippen LogP contribution in [0.4, 0.5) is 10.1 Å². The average Bonchev–Trinajstić information content (AvgIpc) is 2.47. The van der Waals surface area contributed by atoms with Gasteiger partial charge in [0.1, 0.15) is 5.82 Å². The molecule has 2 aromatic carbocycles. The lowest BCUT2D eigenvalue weighted by Gasteiger charge is -2.20. The summed E-state index contributed by atoms with van der Waals surface area (Å²) in [6, 6.07) is 14.0. The summed E-state index contributed by atoms with van der Waals surface area (Å²) in [5, 5.41) is 9.00. The number of benzene rings is 2. The van der Waals surface area contributed by atoms with Crippen molar-refractivity contribution in [1.82, 2.24) is 0 Å². The Morgan fingerprint density at radius 1 is 1.14 bits per heavy atom. The van der Waals surface area contributed by atoms with Crippen LogP contribution in [-0.2, 0) is 15.8 Å². The largest absolute Gasteiger partial charge is 0.270 e. The number of hydrogen-bond donors (Lipinski definition) is 0. The molecule has 0 heterocycles. The van der Waals surface area contributed by atoms with Crippen LogP contribution in [0.5, 0.6) is 0 Å². The molecule has 4 nitrogen and oxygen atoms in total. The van der Waals surface area contributed by atoms with E-state index < -0.39 is 15.8 Å². The third-order valence-electron chi connectivity index (χ3n) is 3.08. The Kier molecular flexibility index (Phi) is 4.24. The molecule has 0 aliphatic carbocycles. The van der Waals surface area contributed by atoms with Crippen LogP contribution in [0.2, 0.25) is 0 Å². The molecule has 0 saturated carbocycles. The van der Waals surface area contributed by atoms with Crippen LogP contribution in [0.25, 0.3) is 0 Å². The second-order valence-corrected chi connectivity index (χ2v) is 6.44. The molecule has 0 spiro atoms. The SMILES string of the molecule is CN(c1ccccc1F)S(=O)(=O)Cc1ccccc1C#N. The molecule has 0 aliphatic rings. The summed E-state index contributed by atoms with van der Waals surface area (Å²) in [5.74, 6) is -0.973. The van der Waals surface area contributed by atoms with Gasteiger partial charge < -0.3 is 0 Å². The maximum Gasteiger partial charge on any atom is 0.239 e. The molecular formula is C15H13FN2O2S. The lowest BCUT2D eigenvalue weighted by Crippen LogP contribution is -2.28. The van der Waals surface area contributed by atoms with Crippen LogP contribution in [0.1, 0.15) is 11.1 Å². The molecule has 0 saturated heterocycles. The number of halogens is 1. The molecule has 0 bridgehead atoms. The number of sulfonamides is 1. The summed E-state index contributed by atoms with van der Waals surface area (Å²) in [7, 11) is -2.48. The van der Waals surface area contributed by atoms with Crippen molar-refractivity contribution in [1.29, 1.82) is 5.26 Å². The van der Waals surface area contributed by atoms with E-state index in [1.54, 1.807) is 30.3 Å². The summed E-state index contributed by atoms with van der Waals surface area (Å²) in [6.45, 7) is 0. The molecule has 2 rings (SSSR count). The van der Waals surface area contributed by atoms with Crippen molar-refractivity contribution in [3.8, 4) is 6.07 Å².